The molecule has 2 aromatic carbocycles. The molecule has 7 heteroatoms. The van der Waals surface area contributed by atoms with Crippen LogP contribution in [0.5, 0.6) is 0 Å². The van der Waals surface area contributed by atoms with Crippen molar-refractivity contribution in [2.75, 3.05) is 17.2 Å². The molecule has 0 fully saturated rings. The first-order valence-corrected chi connectivity index (χ1v) is 10.1. The number of carbonyl (C=O) groups is 3. The Bertz CT molecular complexity index is 1180. The molecule has 0 saturated heterocycles. The van der Waals surface area contributed by atoms with Crippen molar-refractivity contribution in [2.24, 2.45) is 0 Å². The summed E-state index contributed by atoms with van der Waals surface area (Å²) in [6.45, 7) is 4.34. The molecule has 156 valence electrons. The van der Waals surface area contributed by atoms with Crippen molar-refractivity contribution in [2.45, 2.75) is 26.7 Å². The second kappa shape index (κ2) is 8.47. The molecule has 1 amide bonds. The third-order valence-corrected chi connectivity index (χ3v) is 5.07. The SMILES string of the molecule is Cc1cc(C)nc(NCCCC(=O)Nc2cccc3c2C(=O)c2ccccc2C3=O)n1. The largest absolute Gasteiger partial charge is 0.354 e. The zero-order valence-corrected chi connectivity index (χ0v) is 17.4. The lowest BCUT2D eigenvalue weighted by Gasteiger charge is -2.20. The van der Waals surface area contributed by atoms with Gasteiger partial charge in [-0.1, -0.05) is 36.4 Å². The van der Waals surface area contributed by atoms with E-state index in [0.717, 1.165) is 11.4 Å². The van der Waals surface area contributed by atoms with E-state index in [0.29, 0.717) is 41.3 Å². The molecular formula is C24H22N4O3. The average molecular weight is 414 g/mol. The molecule has 2 N–H and O–H groups in total. The number of fused-ring (bicyclic) bond motifs is 2. The fourth-order valence-electron chi connectivity index (χ4n) is 3.72. The first kappa shape index (κ1) is 20.4. The van der Waals surface area contributed by atoms with E-state index in [1.54, 1.807) is 42.5 Å². The maximum absolute atomic E-state index is 13.0. The van der Waals surface area contributed by atoms with Crippen molar-refractivity contribution in [3.63, 3.8) is 0 Å². The number of benzene rings is 2. The van der Waals surface area contributed by atoms with E-state index in [4.69, 9.17) is 0 Å². The van der Waals surface area contributed by atoms with Gasteiger partial charge in [-0.25, -0.2) is 9.97 Å². The molecule has 0 bridgehead atoms. The van der Waals surface area contributed by atoms with Gasteiger partial charge < -0.3 is 10.6 Å². The van der Waals surface area contributed by atoms with Crippen molar-refractivity contribution in [1.29, 1.82) is 0 Å². The monoisotopic (exact) mass is 414 g/mol. The highest BCUT2D eigenvalue weighted by molar-refractivity contribution is 6.30. The summed E-state index contributed by atoms with van der Waals surface area (Å²) >= 11 is 0. The molecule has 0 aliphatic heterocycles. The summed E-state index contributed by atoms with van der Waals surface area (Å²) in [5, 5.41) is 5.92. The summed E-state index contributed by atoms with van der Waals surface area (Å²) < 4.78 is 0. The Morgan fingerprint density at radius 3 is 2.23 bits per heavy atom. The van der Waals surface area contributed by atoms with Gasteiger partial charge in [-0.15, -0.1) is 0 Å². The van der Waals surface area contributed by atoms with Crippen LogP contribution in [0.25, 0.3) is 0 Å². The van der Waals surface area contributed by atoms with E-state index < -0.39 is 0 Å². The Balaban J connectivity index is 1.41. The van der Waals surface area contributed by atoms with Crippen LogP contribution < -0.4 is 10.6 Å². The molecule has 0 unspecified atom stereocenters. The number of nitrogens with zero attached hydrogens (tertiary/aromatic N) is 2. The van der Waals surface area contributed by atoms with Crippen LogP contribution in [0.4, 0.5) is 11.6 Å². The molecule has 7 nitrogen and oxygen atoms in total. The fourth-order valence-corrected chi connectivity index (χ4v) is 3.72. The first-order chi connectivity index (χ1) is 14.9. The molecule has 31 heavy (non-hydrogen) atoms. The summed E-state index contributed by atoms with van der Waals surface area (Å²) in [4.78, 5) is 46.9. The molecule has 1 aliphatic rings. The van der Waals surface area contributed by atoms with E-state index in [-0.39, 0.29) is 29.5 Å². The third kappa shape index (κ3) is 4.21. The summed E-state index contributed by atoms with van der Waals surface area (Å²) in [5.74, 6) is -0.151. The standard InChI is InChI=1S/C24H22N4O3/c1-14-13-15(2)27-24(26-14)25-12-6-11-20(29)28-19-10-5-9-18-21(19)23(31)17-8-4-3-7-16(17)22(18)30/h3-5,7-10,13H,6,11-12H2,1-2H3,(H,28,29)(H,25,26,27). The zero-order valence-electron chi connectivity index (χ0n) is 17.4. The predicted octanol–water partition coefficient (Wildman–Crippen LogP) is 3.70. The number of carbonyl (C=O) groups excluding carboxylic acids is 3. The van der Waals surface area contributed by atoms with Crippen LogP contribution in [0.3, 0.4) is 0 Å². The number of hydrogen-bond acceptors (Lipinski definition) is 6. The molecule has 1 aliphatic carbocycles. The van der Waals surface area contributed by atoms with E-state index in [9.17, 15) is 14.4 Å². The van der Waals surface area contributed by atoms with Crippen LogP contribution in [-0.2, 0) is 4.79 Å². The van der Waals surface area contributed by atoms with Crippen LogP contribution in [0.15, 0.2) is 48.5 Å². The number of aromatic nitrogens is 2. The average Bonchev–Trinajstić information content (AvgIpc) is 2.74. The Labute approximate surface area is 179 Å². The lowest BCUT2D eigenvalue weighted by Crippen LogP contribution is -2.24. The smallest absolute Gasteiger partial charge is 0.224 e. The zero-order chi connectivity index (χ0) is 22.0. The van der Waals surface area contributed by atoms with Gasteiger partial charge in [-0.05, 0) is 32.4 Å². The minimum atomic E-state index is -0.255. The molecule has 1 aromatic heterocycles. The molecule has 0 atom stereocenters. The predicted molar refractivity (Wildman–Crippen MR) is 118 cm³/mol. The highest BCUT2D eigenvalue weighted by Crippen LogP contribution is 2.32. The van der Waals surface area contributed by atoms with Gasteiger partial charge in [0.25, 0.3) is 0 Å². The first-order valence-electron chi connectivity index (χ1n) is 10.1. The molecule has 0 saturated carbocycles. The van der Waals surface area contributed by atoms with Crippen LogP contribution in [0.1, 0.15) is 56.1 Å². The molecule has 0 spiro atoms. The summed E-state index contributed by atoms with van der Waals surface area (Å²) in [6.07, 6.45) is 0.813. The molecule has 3 aromatic rings. The molecule has 1 heterocycles. The second-order valence-electron chi connectivity index (χ2n) is 7.48. The molecular weight excluding hydrogens is 392 g/mol. The van der Waals surface area contributed by atoms with E-state index in [1.165, 1.54) is 0 Å². The number of nitrogens with one attached hydrogen (secondary N) is 2. The topological polar surface area (TPSA) is 101 Å². The van der Waals surface area contributed by atoms with Crippen molar-refractivity contribution in [3.8, 4) is 0 Å². The fraction of sp³-hybridized carbons (Fsp3) is 0.208. The van der Waals surface area contributed by atoms with Gasteiger partial charge in [0.2, 0.25) is 11.9 Å². The van der Waals surface area contributed by atoms with Crippen molar-refractivity contribution >= 4 is 29.1 Å². The van der Waals surface area contributed by atoms with Crippen molar-refractivity contribution in [3.05, 3.63) is 82.2 Å². The summed E-state index contributed by atoms with van der Waals surface area (Å²) in [7, 11) is 0. The van der Waals surface area contributed by atoms with Gasteiger partial charge >= 0.3 is 0 Å². The van der Waals surface area contributed by atoms with Gasteiger partial charge in [0.15, 0.2) is 11.6 Å². The normalized spacial score (nSPS) is 12.2. The molecule has 4 rings (SSSR count). The third-order valence-electron chi connectivity index (χ3n) is 5.07. The van der Waals surface area contributed by atoms with Crippen LogP contribution >= 0.6 is 0 Å². The quantitative estimate of drug-likeness (QED) is 0.467. The Kier molecular flexibility index (Phi) is 5.58. The van der Waals surface area contributed by atoms with Crippen molar-refractivity contribution < 1.29 is 14.4 Å². The highest BCUT2D eigenvalue weighted by atomic mass is 16.2. The Morgan fingerprint density at radius 2 is 1.52 bits per heavy atom. The van der Waals surface area contributed by atoms with Crippen LogP contribution in [0, 0.1) is 13.8 Å². The van der Waals surface area contributed by atoms with Gasteiger partial charge in [0.05, 0.1) is 11.3 Å². The van der Waals surface area contributed by atoms with Gasteiger partial charge in [-0.3, -0.25) is 14.4 Å². The summed E-state index contributed by atoms with van der Waals surface area (Å²) in [5.41, 5.74) is 3.43. The van der Waals surface area contributed by atoms with Crippen LogP contribution in [-0.4, -0.2) is 34.0 Å². The van der Waals surface area contributed by atoms with Crippen molar-refractivity contribution in [1.82, 2.24) is 9.97 Å². The minimum absolute atomic E-state index is 0.209. The van der Waals surface area contributed by atoms with E-state index in [2.05, 4.69) is 20.6 Å². The maximum atomic E-state index is 13.0. The van der Waals surface area contributed by atoms with Gasteiger partial charge in [-0.2, -0.15) is 0 Å². The second-order valence-corrected chi connectivity index (χ2v) is 7.48. The number of hydrogen-bond donors (Lipinski definition) is 2. The lowest BCUT2D eigenvalue weighted by atomic mass is 9.83. The molecule has 0 radical (unpaired) electrons. The minimum Gasteiger partial charge on any atom is -0.354 e. The number of anilines is 2. The highest BCUT2D eigenvalue weighted by Gasteiger charge is 2.31. The number of amides is 1. The summed E-state index contributed by atoms with van der Waals surface area (Å²) in [6, 6.07) is 13.6. The van der Waals surface area contributed by atoms with E-state index in [1.807, 2.05) is 19.9 Å². The lowest BCUT2D eigenvalue weighted by molar-refractivity contribution is -0.116. The van der Waals surface area contributed by atoms with Crippen LogP contribution in [0.2, 0.25) is 0 Å². The Hall–Kier alpha value is -3.87. The van der Waals surface area contributed by atoms with Gasteiger partial charge in [0.1, 0.15) is 0 Å². The Morgan fingerprint density at radius 1 is 0.871 bits per heavy atom. The number of rotatable bonds is 6. The number of ketones is 2. The number of aryl methyl sites for hydroxylation is 2. The maximum Gasteiger partial charge on any atom is 0.224 e. The van der Waals surface area contributed by atoms with Gasteiger partial charge in [0, 0.05) is 41.0 Å². The van der Waals surface area contributed by atoms with E-state index >= 15 is 0 Å².